The molecule has 6 heteroatoms. The van der Waals surface area contributed by atoms with Crippen LogP contribution in [0, 0.1) is 5.92 Å². The Labute approximate surface area is 180 Å². The average Bonchev–Trinajstić information content (AvgIpc) is 3.49. The quantitative estimate of drug-likeness (QED) is 0.644. The second-order valence-electron chi connectivity index (χ2n) is 7.56. The fourth-order valence-electron chi connectivity index (χ4n) is 3.45. The highest BCUT2D eigenvalue weighted by Gasteiger charge is 2.41. The van der Waals surface area contributed by atoms with Gasteiger partial charge in [-0.1, -0.05) is 60.7 Å². The number of nitrogens with two attached hydrogens (primary N) is 1. The van der Waals surface area contributed by atoms with Gasteiger partial charge in [-0.2, -0.15) is 0 Å². The standard InChI is InChI=1S/C22H29N3O.2ClH/c1-22(17-23,20-12-13-20)24-21(26)16-25(14-18-8-4-2-5-9-18)15-19-10-6-3-7-11-19;;/h2-11,20H,12-17,23H2,1H3,(H,24,26);2*1H. The van der Waals surface area contributed by atoms with Crippen LogP contribution in [0.25, 0.3) is 0 Å². The van der Waals surface area contributed by atoms with Crippen molar-refractivity contribution in [3.05, 3.63) is 71.8 Å². The highest BCUT2D eigenvalue weighted by Crippen LogP contribution is 2.38. The van der Waals surface area contributed by atoms with Gasteiger partial charge in [-0.25, -0.2) is 0 Å². The maximum absolute atomic E-state index is 12.7. The maximum atomic E-state index is 12.7. The molecule has 0 saturated heterocycles. The molecule has 0 aromatic heterocycles. The summed E-state index contributed by atoms with van der Waals surface area (Å²) in [5.74, 6) is 0.574. The zero-order valence-corrected chi connectivity index (χ0v) is 18.0. The predicted molar refractivity (Wildman–Crippen MR) is 120 cm³/mol. The summed E-state index contributed by atoms with van der Waals surface area (Å²) in [5, 5.41) is 3.20. The van der Waals surface area contributed by atoms with E-state index in [1.807, 2.05) is 36.4 Å². The minimum absolute atomic E-state index is 0. The number of hydrogen-bond donors (Lipinski definition) is 2. The Balaban J connectivity index is 0.00000196. The fraction of sp³-hybridized carbons (Fsp3) is 0.409. The second kappa shape index (κ2) is 11.4. The summed E-state index contributed by atoms with van der Waals surface area (Å²) >= 11 is 0. The van der Waals surface area contributed by atoms with Crippen molar-refractivity contribution in [2.45, 2.75) is 38.4 Å². The Bertz CT molecular complexity index is 669. The molecule has 0 heterocycles. The van der Waals surface area contributed by atoms with E-state index in [1.54, 1.807) is 0 Å². The molecule has 1 fully saturated rings. The predicted octanol–water partition coefficient (Wildman–Crippen LogP) is 3.78. The first-order valence-corrected chi connectivity index (χ1v) is 9.40. The summed E-state index contributed by atoms with van der Waals surface area (Å²) in [6.45, 7) is 4.41. The second-order valence-corrected chi connectivity index (χ2v) is 7.56. The van der Waals surface area contributed by atoms with Gasteiger partial charge in [-0.3, -0.25) is 9.69 Å². The number of nitrogens with zero attached hydrogens (tertiary/aromatic N) is 1. The fourth-order valence-corrected chi connectivity index (χ4v) is 3.45. The van der Waals surface area contributed by atoms with Gasteiger partial charge < -0.3 is 11.1 Å². The SMILES string of the molecule is CC(CN)(NC(=O)CN(Cc1ccccc1)Cc1ccccc1)C1CC1.Cl.Cl. The van der Waals surface area contributed by atoms with Crippen molar-refractivity contribution in [3.63, 3.8) is 0 Å². The van der Waals surface area contributed by atoms with Crippen LogP contribution in [0.4, 0.5) is 0 Å². The minimum Gasteiger partial charge on any atom is -0.348 e. The molecule has 0 spiro atoms. The molecule has 2 aromatic carbocycles. The number of nitrogens with one attached hydrogen (secondary N) is 1. The van der Waals surface area contributed by atoms with E-state index >= 15 is 0 Å². The smallest absolute Gasteiger partial charge is 0.234 e. The molecule has 154 valence electrons. The van der Waals surface area contributed by atoms with Gasteiger partial charge in [-0.05, 0) is 36.8 Å². The number of benzene rings is 2. The number of halogens is 2. The molecule has 0 aliphatic heterocycles. The highest BCUT2D eigenvalue weighted by atomic mass is 35.5. The van der Waals surface area contributed by atoms with Gasteiger partial charge in [0.25, 0.3) is 0 Å². The number of carbonyl (C=O) groups is 1. The molecule has 0 bridgehead atoms. The van der Waals surface area contributed by atoms with Gasteiger partial charge in [-0.15, -0.1) is 24.8 Å². The van der Waals surface area contributed by atoms with Crippen molar-refractivity contribution >= 4 is 30.7 Å². The normalized spacial score (nSPS) is 15.1. The van der Waals surface area contributed by atoms with Gasteiger partial charge in [0.2, 0.25) is 5.91 Å². The monoisotopic (exact) mass is 423 g/mol. The summed E-state index contributed by atoms with van der Waals surface area (Å²) in [4.78, 5) is 14.9. The van der Waals surface area contributed by atoms with E-state index in [4.69, 9.17) is 5.73 Å². The molecule has 2 aromatic rings. The number of carbonyl (C=O) groups excluding carboxylic acids is 1. The van der Waals surface area contributed by atoms with E-state index in [9.17, 15) is 4.79 Å². The molecule has 1 amide bonds. The largest absolute Gasteiger partial charge is 0.348 e. The molecule has 1 aliphatic rings. The van der Waals surface area contributed by atoms with Crippen LogP contribution in [0.1, 0.15) is 30.9 Å². The molecule has 3 rings (SSSR count). The molecule has 28 heavy (non-hydrogen) atoms. The Morgan fingerprint density at radius 3 is 1.86 bits per heavy atom. The van der Waals surface area contributed by atoms with Gasteiger partial charge in [0, 0.05) is 19.6 Å². The van der Waals surface area contributed by atoms with Crippen LogP contribution >= 0.6 is 24.8 Å². The first kappa shape index (κ1) is 24.4. The van der Waals surface area contributed by atoms with Gasteiger partial charge >= 0.3 is 0 Å². The minimum atomic E-state index is -0.276. The van der Waals surface area contributed by atoms with Crippen molar-refractivity contribution in [3.8, 4) is 0 Å². The molecule has 0 radical (unpaired) electrons. The lowest BCUT2D eigenvalue weighted by Crippen LogP contribution is -2.55. The Morgan fingerprint density at radius 1 is 1.00 bits per heavy atom. The van der Waals surface area contributed by atoms with E-state index in [2.05, 4.69) is 41.4 Å². The van der Waals surface area contributed by atoms with Crippen molar-refractivity contribution in [2.75, 3.05) is 13.1 Å². The van der Waals surface area contributed by atoms with Crippen molar-refractivity contribution in [1.82, 2.24) is 10.2 Å². The van der Waals surface area contributed by atoms with Crippen LogP contribution in [-0.4, -0.2) is 29.4 Å². The van der Waals surface area contributed by atoms with Crippen LogP contribution in [-0.2, 0) is 17.9 Å². The zero-order chi connectivity index (χ0) is 18.4. The summed E-state index contributed by atoms with van der Waals surface area (Å²) < 4.78 is 0. The van der Waals surface area contributed by atoms with Crippen LogP contribution in [0.3, 0.4) is 0 Å². The Kier molecular flexibility index (Phi) is 9.97. The van der Waals surface area contributed by atoms with Gasteiger partial charge in [0.05, 0.1) is 12.1 Å². The van der Waals surface area contributed by atoms with Crippen molar-refractivity contribution in [1.29, 1.82) is 0 Å². The molecule has 1 aliphatic carbocycles. The maximum Gasteiger partial charge on any atom is 0.234 e. The third-order valence-electron chi connectivity index (χ3n) is 5.19. The lowest BCUT2D eigenvalue weighted by atomic mass is 9.96. The van der Waals surface area contributed by atoms with E-state index < -0.39 is 0 Å². The Morgan fingerprint density at radius 2 is 1.46 bits per heavy atom. The van der Waals surface area contributed by atoms with Crippen LogP contribution in [0.2, 0.25) is 0 Å². The molecule has 1 saturated carbocycles. The topological polar surface area (TPSA) is 58.4 Å². The van der Waals surface area contributed by atoms with Crippen LogP contribution < -0.4 is 11.1 Å². The van der Waals surface area contributed by atoms with E-state index in [1.165, 1.54) is 11.1 Å². The summed E-state index contributed by atoms with van der Waals surface area (Å²) in [7, 11) is 0. The third kappa shape index (κ3) is 7.10. The molecular weight excluding hydrogens is 393 g/mol. The number of amides is 1. The van der Waals surface area contributed by atoms with Crippen molar-refractivity contribution < 1.29 is 4.79 Å². The van der Waals surface area contributed by atoms with E-state index in [-0.39, 0.29) is 36.3 Å². The molecule has 3 N–H and O–H groups in total. The highest BCUT2D eigenvalue weighted by molar-refractivity contribution is 5.85. The van der Waals surface area contributed by atoms with E-state index in [0.717, 1.165) is 25.9 Å². The van der Waals surface area contributed by atoms with Crippen molar-refractivity contribution in [2.24, 2.45) is 11.7 Å². The molecule has 4 nitrogen and oxygen atoms in total. The van der Waals surface area contributed by atoms with Crippen LogP contribution in [0.15, 0.2) is 60.7 Å². The average molecular weight is 424 g/mol. The summed E-state index contributed by atoms with van der Waals surface area (Å²) in [6.07, 6.45) is 2.32. The zero-order valence-electron chi connectivity index (χ0n) is 16.3. The summed E-state index contributed by atoms with van der Waals surface area (Å²) in [6, 6.07) is 20.6. The molecule has 1 unspecified atom stereocenters. The molecule has 1 atom stereocenters. The summed E-state index contributed by atoms with van der Waals surface area (Å²) in [5.41, 5.74) is 8.09. The van der Waals surface area contributed by atoms with E-state index in [0.29, 0.717) is 19.0 Å². The van der Waals surface area contributed by atoms with Crippen LogP contribution in [0.5, 0.6) is 0 Å². The number of hydrogen-bond acceptors (Lipinski definition) is 3. The number of rotatable bonds is 9. The van der Waals surface area contributed by atoms with Gasteiger partial charge in [0.15, 0.2) is 0 Å². The third-order valence-corrected chi connectivity index (χ3v) is 5.19. The Hall–Kier alpha value is -1.59. The van der Waals surface area contributed by atoms with Gasteiger partial charge in [0.1, 0.15) is 0 Å². The lowest BCUT2D eigenvalue weighted by Gasteiger charge is -2.31. The first-order valence-electron chi connectivity index (χ1n) is 9.40. The molecular formula is C22H31Cl2N3O. The lowest BCUT2D eigenvalue weighted by molar-refractivity contribution is -0.124. The first-order chi connectivity index (χ1) is 12.6.